The van der Waals surface area contributed by atoms with Crippen molar-refractivity contribution in [2.45, 2.75) is 19.9 Å². The molecular formula is C14H16BrNOS. The number of halogens is 1. The van der Waals surface area contributed by atoms with Gasteiger partial charge >= 0.3 is 0 Å². The number of aryl methyl sites for hydroxylation is 1. The van der Waals surface area contributed by atoms with Gasteiger partial charge in [-0.25, -0.2) is 0 Å². The van der Waals surface area contributed by atoms with Crippen LogP contribution in [0.15, 0.2) is 27.4 Å². The van der Waals surface area contributed by atoms with E-state index in [-0.39, 0.29) is 6.04 Å². The third-order valence-electron chi connectivity index (χ3n) is 3.19. The number of ether oxygens (including phenoxy) is 1. The molecule has 0 saturated carbocycles. The molecule has 96 valence electrons. The average Bonchev–Trinajstić information content (AvgIpc) is 2.78. The lowest BCUT2D eigenvalue weighted by Crippen LogP contribution is -2.13. The molecule has 0 amide bonds. The van der Waals surface area contributed by atoms with Crippen LogP contribution in [0.2, 0.25) is 0 Å². The van der Waals surface area contributed by atoms with Gasteiger partial charge < -0.3 is 10.5 Å². The molecule has 0 fully saturated rings. The van der Waals surface area contributed by atoms with E-state index in [1.807, 2.05) is 0 Å². The monoisotopic (exact) mass is 325 g/mol. The molecule has 2 N–H and O–H groups in total. The maximum Gasteiger partial charge on any atom is 0.127 e. The average molecular weight is 326 g/mol. The molecule has 2 aromatic rings. The quantitative estimate of drug-likeness (QED) is 0.918. The maximum atomic E-state index is 6.33. The highest BCUT2D eigenvalue weighted by atomic mass is 79.9. The SMILES string of the molecule is COc1c(C(N)c2csc(Br)c2)ccc(C)c1C. The molecule has 1 aromatic carbocycles. The summed E-state index contributed by atoms with van der Waals surface area (Å²) in [5.74, 6) is 0.893. The van der Waals surface area contributed by atoms with Crippen molar-refractivity contribution in [3.05, 3.63) is 49.6 Å². The largest absolute Gasteiger partial charge is 0.496 e. The lowest BCUT2D eigenvalue weighted by molar-refractivity contribution is 0.404. The molecule has 4 heteroatoms. The molecule has 2 rings (SSSR count). The first-order chi connectivity index (χ1) is 8.54. The second-order valence-corrected chi connectivity index (χ2v) is 6.58. The Hall–Kier alpha value is -0.840. The first-order valence-corrected chi connectivity index (χ1v) is 7.35. The summed E-state index contributed by atoms with van der Waals surface area (Å²) in [4.78, 5) is 0. The Balaban J connectivity index is 2.48. The van der Waals surface area contributed by atoms with E-state index in [0.29, 0.717) is 0 Å². The van der Waals surface area contributed by atoms with Crippen LogP contribution in [0.5, 0.6) is 5.75 Å². The minimum atomic E-state index is -0.151. The summed E-state index contributed by atoms with van der Waals surface area (Å²) < 4.78 is 6.61. The Bertz CT molecular complexity index is 565. The van der Waals surface area contributed by atoms with Crippen molar-refractivity contribution in [2.24, 2.45) is 5.73 Å². The molecule has 0 bridgehead atoms. The molecule has 0 radical (unpaired) electrons. The lowest BCUT2D eigenvalue weighted by atomic mass is 9.96. The summed E-state index contributed by atoms with van der Waals surface area (Å²) in [6.45, 7) is 4.14. The van der Waals surface area contributed by atoms with Crippen molar-refractivity contribution >= 4 is 27.3 Å². The molecule has 1 atom stereocenters. The van der Waals surface area contributed by atoms with Gasteiger partial charge in [0.2, 0.25) is 0 Å². The van der Waals surface area contributed by atoms with Crippen LogP contribution in [0.25, 0.3) is 0 Å². The molecule has 0 aliphatic carbocycles. The summed E-state index contributed by atoms with van der Waals surface area (Å²) in [6, 6.07) is 6.05. The number of nitrogens with two attached hydrogens (primary N) is 1. The molecule has 2 nitrogen and oxygen atoms in total. The highest BCUT2D eigenvalue weighted by Crippen LogP contribution is 2.35. The van der Waals surface area contributed by atoms with E-state index in [2.05, 4.69) is 53.4 Å². The highest BCUT2D eigenvalue weighted by molar-refractivity contribution is 9.11. The van der Waals surface area contributed by atoms with Gasteiger partial charge in [-0.1, -0.05) is 12.1 Å². The Morgan fingerprint density at radius 1 is 1.33 bits per heavy atom. The number of methoxy groups -OCH3 is 1. The van der Waals surface area contributed by atoms with E-state index < -0.39 is 0 Å². The number of hydrogen-bond donors (Lipinski definition) is 1. The Morgan fingerprint density at radius 3 is 2.61 bits per heavy atom. The van der Waals surface area contributed by atoms with E-state index >= 15 is 0 Å². The fraction of sp³-hybridized carbons (Fsp3) is 0.286. The third-order valence-corrected chi connectivity index (χ3v) is 4.72. The fourth-order valence-corrected chi connectivity index (χ4v) is 3.21. The lowest BCUT2D eigenvalue weighted by Gasteiger charge is -2.18. The summed E-state index contributed by atoms with van der Waals surface area (Å²) in [5.41, 5.74) is 10.8. The standard InChI is InChI=1S/C14H16BrNOS/c1-8-4-5-11(14(17-3)9(8)2)13(16)10-6-12(15)18-7-10/h4-7,13H,16H2,1-3H3. The first-order valence-electron chi connectivity index (χ1n) is 5.68. The van der Waals surface area contributed by atoms with Gasteiger partial charge in [0, 0.05) is 5.56 Å². The van der Waals surface area contributed by atoms with Crippen LogP contribution in [-0.2, 0) is 0 Å². The van der Waals surface area contributed by atoms with Crippen molar-refractivity contribution in [3.8, 4) is 5.75 Å². The molecule has 18 heavy (non-hydrogen) atoms. The topological polar surface area (TPSA) is 35.2 Å². The normalized spacial score (nSPS) is 12.5. The minimum absolute atomic E-state index is 0.151. The van der Waals surface area contributed by atoms with Crippen LogP contribution in [0.4, 0.5) is 0 Å². The van der Waals surface area contributed by atoms with Crippen molar-refractivity contribution < 1.29 is 4.74 Å². The first kappa shape index (κ1) is 13.6. The molecule has 0 aliphatic rings. The van der Waals surface area contributed by atoms with Gasteiger partial charge in [-0.2, -0.15) is 0 Å². The highest BCUT2D eigenvalue weighted by Gasteiger charge is 2.17. The van der Waals surface area contributed by atoms with E-state index in [1.54, 1.807) is 18.4 Å². The minimum Gasteiger partial charge on any atom is -0.496 e. The van der Waals surface area contributed by atoms with Gasteiger partial charge in [0.25, 0.3) is 0 Å². The third kappa shape index (κ3) is 2.46. The number of thiophene rings is 1. The van der Waals surface area contributed by atoms with Gasteiger partial charge in [0.1, 0.15) is 5.75 Å². The number of hydrogen-bond acceptors (Lipinski definition) is 3. The summed E-state index contributed by atoms with van der Waals surface area (Å²) >= 11 is 5.11. The van der Waals surface area contributed by atoms with Crippen LogP contribution in [0, 0.1) is 13.8 Å². The molecule has 1 unspecified atom stereocenters. The van der Waals surface area contributed by atoms with E-state index in [4.69, 9.17) is 10.5 Å². The van der Waals surface area contributed by atoms with Gasteiger partial charge in [-0.15, -0.1) is 11.3 Å². The fourth-order valence-electron chi connectivity index (χ4n) is 1.99. The smallest absolute Gasteiger partial charge is 0.127 e. The number of rotatable bonds is 3. The van der Waals surface area contributed by atoms with Crippen molar-refractivity contribution in [1.29, 1.82) is 0 Å². The molecule has 0 aliphatic heterocycles. The van der Waals surface area contributed by atoms with Gasteiger partial charge in [0.05, 0.1) is 16.9 Å². The van der Waals surface area contributed by atoms with E-state index in [0.717, 1.165) is 26.2 Å². The second kappa shape index (κ2) is 5.43. The van der Waals surface area contributed by atoms with Crippen LogP contribution < -0.4 is 10.5 Å². The van der Waals surface area contributed by atoms with Crippen LogP contribution in [-0.4, -0.2) is 7.11 Å². The predicted molar refractivity (Wildman–Crippen MR) is 80.5 cm³/mol. The van der Waals surface area contributed by atoms with Crippen molar-refractivity contribution in [3.63, 3.8) is 0 Å². The zero-order chi connectivity index (χ0) is 13.3. The summed E-state index contributed by atoms with van der Waals surface area (Å²) in [5, 5.41) is 2.07. The Labute approximate surface area is 120 Å². The molecule has 1 heterocycles. The Kier molecular flexibility index (Phi) is 4.10. The van der Waals surface area contributed by atoms with E-state index in [1.165, 1.54) is 5.56 Å². The zero-order valence-electron chi connectivity index (χ0n) is 10.7. The van der Waals surface area contributed by atoms with Crippen LogP contribution in [0.3, 0.4) is 0 Å². The van der Waals surface area contributed by atoms with Crippen molar-refractivity contribution in [2.75, 3.05) is 7.11 Å². The Morgan fingerprint density at radius 2 is 2.06 bits per heavy atom. The summed E-state index contributed by atoms with van der Waals surface area (Å²) in [6.07, 6.45) is 0. The predicted octanol–water partition coefficient (Wildman–Crippen LogP) is 4.18. The molecule has 1 aromatic heterocycles. The maximum absolute atomic E-state index is 6.33. The molecule has 0 spiro atoms. The van der Waals surface area contributed by atoms with Gasteiger partial charge in [-0.3, -0.25) is 0 Å². The molecule has 0 saturated heterocycles. The zero-order valence-corrected chi connectivity index (χ0v) is 13.1. The summed E-state index contributed by atoms with van der Waals surface area (Å²) in [7, 11) is 1.70. The van der Waals surface area contributed by atoms with Gasteiger partial charge in [0.15, 0.2) is 0 Å². The molecular weight excluding hydrogens is 310 g/mol. The van der Waals surface area contributed by atoms with Crippen LogP contribution >= 0.6 is 27.3 Å². The second-order valence-electron chi connectivity index (χ2n) is 4.29. The van der Waals surface area contributed by atoms with E-state index in [9.17, 15) is 0 Å². The number of benzene rings is 1. The van der Waals surface area contributed by atoms with Crippen molar-refractivity contribution in [1.82, 2.24) is 0 Å². The van der Waals surface area contributed by atoms with Gasteiger partial charge in [-0.05, 0) is 57.9 Å². The van der Waals surface area contributed by atoms with Crippen LogP contribution in [0.1, 0.15) is 28.3 Å².